The number of methoxy groups -OCH3 is 2. The van der Waals surface area contributed by atoms with Crippen LogP contribution in [0.4, 0.5) is 11.4 Å². The molecule has 1 aliphatic rings. The Morgan fingerprint density at radius 1 is 0.950 bits per heavy atom. The molecule has 12 nitrogen and oxygen atoms in total. The Hall–Kier alpha value is -5.26. The van der Waals surface area contributed by atoms with E-state index in [4.69, 9.17) is 18.9 Å². The first-order valence-corrected chi connectivity index (χ1v) is 12.0. The molecule has 1 atom stereocenters. The quantitative estimate of drug-likeness (QED) is 0.121. The zero-order valence-corrected chi connectivity index (χ0v) is 21.5. The van der Waals surface area contributed by atoms with Gasteiger partial charge in [0.2, 0.25) is 5.91 Å². The molecule has 40 heavy (non-hydrogen) atoms. The molecule has 1 heterocycles. The summed E-state index contributed by atoms with van der Waals surface area (Å²) in [4.78, 5) is 61.9. The fraction of sp³-hybridized carbons (Fsp3) is 0.214. The van der Waals surface area contributed by atoms with E-state index in [2.05, 4.69) is 0 Å². The minimum atomic E-state index is -0.835. The molecule has 1 fully saturated rings. The zero-order chi connectivity index (χ0) is 28.8. The number of hydrogen-bond donors (Lipinski definition) is 0. The Kier molecular flexibility index (Phi) is 8.38. The zero-order valence-electron chi connectivity index (χ0n) is 21.5. The standard InChI is InChI=1S/C28H24N2O10/c1-37-22-5-3-4-18(12-22)28(34)40-21-9-6-17(7-10-21)24(31)16-39-27(33)19-13-26(32)29(15-19)23-11-8-20(30(35)36)14-25(23)38-2/h3-12,14,19H,13,15-16H2,1-2H3/t19-/m0/s1. The van der Waals surface area contributed by atoms with E-state index in [1.807, 2.05) is 0 Å². The number of carbonyl (C=O) groups excluding carboxylic acids is 4. The molecule has 4 rings (SSSR count). The van der Waals surface area contributed by atoms with Crippen LogP contribution >= 0.6 is 0 Å². The van der Waals surface area contributed by atoms with Gasteiger partial charge in [-0.1, -0.05) is 6.07 Å². The lowest BCUT2D eigenvalue weighted by Gasteiger charge is -2.19. The van der Waals surface area contributed by atoms with Gasteiger partial charge in [0.05, 0.1) is 42.4 Å². The molecule has 0 aliphatic carbocycles. The summed E-state index contributed by atoms with van der Waals surface area (Å²) in [5, 5.41) is 11.0. The van der Waals surface area contributed by atoms with E-state index in [0.717, 1.165) is 0 Å². The predicted octanol–water partition coefficient (Wildman–Crippen LogP) is 3.61. The summed E-state index contributed by atoms with van der Waals surface area (Å²) in [6.45, 7) is -0.583. The second-order valence-corrected chi connectivity index (χ2v) is 8.70. The minimum Gasteiger partial charge on any atom is -0.497 e. The first kappa shape index (κ1) is 27.8. The van der Waals surface area contributed by atoms with Gasteiger partial charge in [-0.15, -0.1) is 0 Å². The molecule has 1 aliphatic heterocycles. The Morgan fingerprint density at radius 3 is 2.38 bits per heavy atom. The molecule has 0 spiro atoms. The van der Waals surface area contributed by atoms with Gasteiger partial charge >= 0.3 is 11.9 Å². The van der Waals surface area contributed by atoms with E-state index in [0.29, 0.717) is 11.3 Å². The van der Waals surface area contributed by atoms with Crippen LogP contribution in [-0.2, 0) is 14.3 Å². The van der Waals surface area contributed by atoms with Gasteiger partial charge in [0, 0.05) is 24.6 Å². The Morgan fingerprint density at radius 2 is 1.70 bits per heavy atom. The van der Waals surface area contributed by atoms with E-state index in [1.54, 1.807) is 18.2 Å². The first-order valence-electron chi connectivity index (χ1n) is 12.0. The molecule has 3 aromatic carbocycles. The van der Waals surface area contributed by atoms with Crippen LogP contribution in [0.5, 0.6) is 17.2 Å². The number of rotatable bonds is 10. The maximum absolute atomic E-state index is 12.6. The highest BCUT2D eigenvalue weighted by molar-refractivity contribution is 6.02. The molecular formula is C28H24N2O10. The van der Waals surface area contributed by atoms with Crippen LogP contribution < -0.4 is 19.1 Å². The number of nitro benzene ring substituents is 1. The van der Waals surface area contributed by atoms with E-state index >= 15 is 0 Å². The lowest BCUT2D eigenvalue weighted by atomic mass is 10.1. The molecule has 12 heteroatoms. The van der Waals surface area contributed by atoms with Crippen LogP contribution in [0.1, 0.15) is 27.1 Å². The van der Waals surface area contributed by atoms with Gasteiger partial charge in [-0.05, 0) is 48.5 Å². The lowest BCUT2D eigenvalue weighted by Crippen LogP contribution is -2.27. The average Bonchev–Trinajstić information content (AvgIpc) is 3.36. The number of hydrogen-bond acceptors (Lipinski definition) is 10. The number of anilines is 1. The highest BCUT2D eigenvalue weighted by Crippen LogP contribution is 2.36. The largest absolute Gasteiger partial charge is 0.497 e. The van der Waals surface area contributed by atoms with Crippen molar-refractivity contribution in [2.75, 3.05) is 32.3 Å². The molecule has 0 radical (unpaired) electrons. The fourth-order valence-electron chi connectivity index (χ4n) is 4.06. The van der Waals surface area contributed by atoms with Crippen molar-refractivity contribution >= 4 is 35.0 Å². The predicted molar refractivity (Wildman–Crippen MR) is 140 cm³/mol. The molecule has 0 aromatic heterocycles. The minimum absolute atomic E-state index is 0.0343. The van der Waals surface area contributed by atoms with Gasteiger partial charge in [-0.25, -0.2) is 4.79 Å². The number of esters is 2. The number of nitrogens with zero attached hydrogens (tertiary/aromatic N) is 2. The topological polar surface area (TPSA) is 152 Å². The van der Waals surface area contributed by atoms with Crippen molar-refractivity contribution in [1.29, 1.82) is 0 Å². The van der Waals surface area contributed by atoms with Crippen molar-refractivity contribution in [2.45, 2.75) is 6.42 Å². The Balaban J connectivity index is 1.32. The molecule has 1 saturated heterocycles. The van der Waals surface area contributed by atoms with Crippen molar-refractivity contribution in [1.82, 2.24) is 0 Å². The van der Waals surface area contributed by atoms with Crippen LogP contribution in [0.15, 0.2) is 66.7 Å². The molecule has 206 valence electrons. The second kappa shape index (κ2) is 12.1. The van der Waals surface area contributed by atoms with Gasteiger partial charge in [0.15, 0.2) is 12.4 Å². The van der Waals surface area contributed by atoms with E-state index in [1.165, 1.54) is 67.7 Å². The smallest absolute Gasteiger partial charge is 0.343 e. The maximum atomic E-state index is 12.6. The second-order valence-electron chi connectivity index (χ2n) is 8.70. The van der Waals surface area contributed by atoms with Crippen LogP contribution in [0.25, 0.3) is 0 Å². The molecule has 0 N–H and O–H groups in total. The number of non-ortho nitro benzene ring substituents is 1. The third kappa shape index (κ3) is 6.23. The van der Waals surface area contributed by atoms with Gasteiger partial charge in [0.1, 0.15) is 17.2 Å². The summed E-state index contributed by atoms with van der Waals surface area (Å²) in [5.41, 5.74) is 0.609. The summed E-state index contributed by atoms with van der Waals surface area (Å²) in [6, 6.07) is 16.0. The van der Waals surface area contributed by atoms with E-state index in [-0.39, 0.29) is 47.3 Å². The Bertz CT molecular complexity index is 1470. The third-order valence-electron chi connectivity index (χ3n) is 6.16. The maximum Gasteiger partial charge on any atom is 0.343 e. The van der Waals surface area contributed by atoms with Crippen molar-refractivity contribution in [3.63, 3.8) is 0 Å². The first-order chi connectivity index (χ1) is 19.2. The monoisotopic (exact) mass is 548 g/mol. The SMILES string of the molecule is COc1cccc(C(=O)Oc2ccc(C(=O)COC(=O)[C@H]3CC(=O)N(c4ccc([N+](=O)[O-])cc4OC)C3)cc2)c1. The Labute approximate surface area is 228 Å². The van der Waals surface area contributed by atoms with Crippen LogP contribution in [0, 0.1) is 16.0 Å². The summed E-state index contributed by atoms with van der Waals surface area (Å²) in [6.07, 6.45) is -0.152. The van der Waals surface area contributed by atoms with Crippen molar-refractivity contribution in [3.8, 4) is 17.2 Å². The van der Waals surface area contributed by atoms with Gasteiger partial charge in [-0.3, -0.25) is 24.5 Å². The number of ketones is 1. The van der Waals surface area contributed by atoms with Gasteiger partial charge in [-0.2, -0.15) is 0 Å². The molecular weight excluding hydrogens is 524 g/mol. The van der Waals surface area contributed by atoms with Crippen LogP contribution in [0.2, 0.25) is 0 Å². The molecule has 0 unspecified atom stereocenters. The van der Waals surface area contributed by atoms with Crippen molar-refractivity contribution < 1.29 is 43.0 Å². The van der Waals surface area contributed by atoms with Crippen molar-refractivity contribution in [2.24, 2.45) is 5.92 Å². The highest BCUT2D eigenvalue weighted by Gasteiger charge is 2.37. The number of benzene rings is 3. The molecule has 0 bridgehead atoms. The van der Waals surface area contributed by atoms with Gasteiger partial charge in [0.25, 0.3) is 5.69 Å². The third-order valence-corrected chi connectivity index (χ3v) is 6.16. The number of nitro groups is 1. The number of carbonyl (C=O) groups is 4. The molecule has 1 amide bonds. The van der Waals surface area contributed by atoms with Crippen LogP contribution in [0.3, 0.4) is 0 Å². The molecule has 3 aromatic rings. The van der Waals surface area contributed by atoms with E-state index < -0.39 is 35.2 Å². The van der Waals surface area contributed by atoms with Crippen LogP contribution in [-0.4, -0.2) is 55.9 Å². The summed E-state index contributed by atoms with van der Waals surface area (Å²) in [7, 11) is 2.80. The lowest BCUT2D eigenvalue weighted by molar-refractivity contribution is -0.384. The van der Waals surface area contributed by atoms with Crippen molar-refractivity contribution in [3.05, 3.63) is 88.0 Å². The highest BCUT2D eigenvalue weighted by atomic mass is 16.6. The van der Waals surface area contributed by atoms with Gasteiger partial charge < -0.3 is 23.8 Å². The number of amides is 1. The number of Topliss-reactive ketones (excluding diaryl/α,β-unsaturated/α-hetero) is 1. The summed E-state index contributed by atoms with van der Waals surface area (Å²) < 4.78 is 20.8. The summed E-state index contributed by atoms with van der Waals surface area (Å²) in [5.74, 6) is -2.20. The van der Waals surface area contributed by atoms with E-state index in [9.17, 15) is 29.3 Å². The fourth-order valence-corrected chi connectivity index (χ4v) is 4.06. The number of ether oxygens (including phenoxy) is 4. The average molecular weight is 549 g/mol. The normalized spacial score (nSPS) is 14.4. The summed E-state index contributed by atoms with van der Waals surface area (Å²) >= 11 is 0. The molecule has 0 saturated carbocycles.